The van der Waals surface area contributed by atoms with Crippen molar-refractivity contribution in [3.8, 4) is 0 Å². The molecule has 2 aromatic carbocycles. The van der Waals surface area contributed by atoms with Crippen molar-refractivity contribution in [1.29, 1.82) is 0 Å². The van der Waals surface area contributed by atoms with Crippen LogP contribution in [0.4, 0.5) is 0 Å². The highest BCUT2D eigenvalue weighted by Crippen LogP contribution is 2.23. The van der Waals surface area contributed by atoms with E-state index in [1.54, 1.807) is 0 Å². The molecule has 0 radical (unpaired) electrons. The van der Waals surface area contributed by atoms with E-state index >= 15 is 0 Å². The van der Waals surface area contributed by atoms with Gasteiger partial charge in [0.15, 0.2) is 0 Å². The second-order valence-corrected chi connectivity index (χ2v) is 3.71. The predicted octanol–water partition coefficient (Wildman–Crippen LogP) is 1.29. The van der Waals surface area contributed by atoms with Crippen molar-refractivity contribution in [1.82, 2.24) is 4.98 Å². The monoisotopic (exact) mass is 195 g/mol. The Labute approximate surface area is 87.8 Å². The Kier molecular flexibility index (Phi) is 1.79. The summed E-state index contributed by atoms with van der Waals surface area (Å²) in [7, 11) is 0.0927. The maximum Gasteiger partial charge on any atom is 0.304 e. The van der Waals surface area contributed by atoms with Crippen molar-refractivity contribution in [3.63, 3.8) is 0 Å². The fourth-order valence-corrected chi connectivity index (χ4v) is 1.99. The van der Waals surface area contributed by atoms with Crippen molar-refractivity contribution < 1.29 is 5.02 Å². The predicted molar refractivity (Wildman–Crippen MR) is 64.8 cm³/mol. The first-order valence-electron chi connectivity index (χ1n) is 4.99. The van der Waals surface area contributed by atoms with Crippen molar-refractivity contribution >= 4 is 34.8 Å². The van der Waals surface area contributed by atoms with Crippen molar-refractivity contribution in [2.45, 2.75) is 0 Å². The summed E-state index contributed by atoms with van der Waals surface area (Å²) in [5, 5.41) is 11.5. The maximum absolute atomic E-state index is 9.10. The fraction of sp³-hybridized carbons (Fsp3) is 0. The van der Waals surface area contributed by atoms with Crippen LogP contribution in [0, 0.1) is 0 Å². The Bertz CT molecular complexity index is 630. The van der Waals surface area contributed by atoms with E-state index < -0.39 is 0 Å². The van der Waals surface area contributed by atoms with Gasteiger partial charge in [0.25, 0.3) is 0 Å². The lowest BCUT2D eigenvalue weighted by atomic mass is 9.88. The Morgan fingerprint density at radius 2 is 1.73 bits per heavy atom. The van der Waals surface area contributed by atoms with E-state index in [1.165, 1.54) is 10.8 Å². The number of hydrogen-bond donors (Lipinski definition) is 2. The van der Waals surface area contributed by atoms with Gasteiger partial charge in [-0.3, -0.25) is 0 Å². The lowest BCUT2D eigenvalue weighted by Gasteiger charge is -1.94. The summed E-state index contributed by atoms with van der Waals surface area (Å²) in [4.78, 5) is 3.35. The first-order chi connectivity index (χ1) is 7.38. The summed E-state index contributed by atoms with van der Waals surface area (Å²) in [6, 6.07) is 14.2. The van der Waals surface area contributed by atoms with Gasteiger partial charge in [-0.05, 0) is 12.1 Å². The molecule has 72 valence electrons. The third-order valence-corrected chi connectivity index (χ3v) is 2.75. The number of aromatic amines is 1. The first-order valence-corrected chi connectivity index (χ1v) is 4.99. The van der Waals surface area contributed by atoms with Crippen LogP contribution in [0.25, 0.3) is 21.8 Å². The van der Waals surface area contributed by atoms with Gasteiger partial charge in [-0.15, -0.1) is 0 Å². The molecule has 0 saturated carbocycles. The van der Waals surface area contributed by atoms with E-state index in [1.807, 2.05) is 30.3 Å². The highest BCUT2D eigenvalue weighted by molar-refractivity contribution is 6.46. The highest BCUT2D eigenvalue weighted by atomic mass is 16.2. The molecule has 1 heterocycles. The van der Waals surface area contributed by atoms with Gasteiger partial charge >= 0.3 is 7.48 Å². The average Bonchev–Trinajstić information content (AvgIpc) is 2.66. The summed E-state index contributed by atoms with van der Waals surface area (Å²) < 4.78 is 0. The minimum Gasteiger partial charge on any atom is -0.449 e. The number of H-pyrrole nitrogens is 1. The normalized spacial score (nSPS) is 11.0. The highest BCUT2D eigenvalue weighted by Gasteiger charge is 2.03. The molecule has 3 heteroatoms. The van der Waals surface area contributed by atoms with E-state index in [0.29, 0.717) is 0 Å². The Hall–Kier alpha value is -1.74. The molecule has 0 bridgehead atoms. The Morgan fingerprint density at radius 3 is 2.60 bits per heavy atom. The molecule has 1 aromatic heterocycles. The van der Waals surface area contributed by atoms with Crippen LogP contribution in [0.5, 0.6) is 0 Å². The maximum atomic E-state index is 9.10. The number of rotatable bonds is 1. The van der Waals surface area contributed by atoms with Crippen LogP contribution < -0.4 is 5.46 Å². The number of benzene rings is 2. The molecule has 0 spiro atoms. The molecular weight excluding hydrogens is 185 g/mol. The third-order valence-electron chi connectivity index (χ3n) is 2.75. The van der Waals surface area contributed by atoms with E-state index in [0.717, 1.165) is 16.5 Å². The minimum absolute atomic E-state index is 0.0927. The lowest BCUT2D eigenvalue weighted by Crippen LogP contribution is -2.11. The minimum atomic E-state index is 0.0927. The van der Waals surface area contributed by atoms with Gasteiger partial charge in [0.1, 0.15) is 0 Å². The second kappa shape index (κ2) is 3.14. The Balaban J connectivity index is 2.46. The molecule has 3 rings (SSSR count). The molecule has 0 unspecified atom stereocenters. The van der Waals surface area contributed by atoms with Crippen LogP contribution in [0.15, 0.2) is 42.5 Å². The largest absolute Gasteiger partial charge is 0.449 e. The van der Waals surface area contributed by atoms with Gasteiger partial charge in [0.2, 0.25) is 0 Å². The zero-order chi connectivity index (χ0) is 10.3. The summed E-state index contributed by atoms with van der Waals surface area (Å²) in [5.74, 6) is 0. The van der Waals surface area contributed by atoms with Gasteiger partial charge in [-0.1, -0.05) is 35.8 Å². The number of aromatic nitrogens is 1. The molecule has 0 amide bonds. The molecule has 0 atom stereocenters. The third kappa shape index (κ3) is 1.24. The van der Waals surface area contributed by atoms with Crippen LogP contribution in [-0.4, -0.2) is 17.5 Å². The summed E-state index contributed by atoms with van der Waals surface area (Å²) >= 11 is 0. The molecule has 2 nitrogen and oxygen atoms in total. The van der Waals surface area contributed by atoms with Gasteiger partial charge in [0.05, 0.1) is 0 Å². The first kappa shape index (κ1) is 8.56. The smallest absolute Gasteiger partial charge is 0.304 e. The second-order valence-electron chi connectivity index (χ2n) is 3.71. The molecule has 0 aliphatic heterocycles. The van der Waals surface area contributed by atoms with Gasteiger partial charge < -0.3 is 10.0 Å². The number of hydrogen-bond acceptors (Lipinski definition) is 1. The van der Waals surface area contributed by atoms with E-state index in [-0.39, 0.29) is 7.48 Å². The lowest BCUT2D eigenvalue weighted by molar-refractivity contribution is 0.615. The van der Waals surface area contributed by atoms with Crippen molar-refractivity contribution in [2.75, 3.05) is 0 Å². The summed E-state index contributed by atoms with van der Waals surface area (Å²) in [5.41, 5.74) is 3.21. The van der Waals surface area contributed by atoms with Crippen LogP contribution in [0.1, 0.15) is 0 Å². The number of fused-ring (bicyclic) bond motifs is 3. The molecule has 2 N–H and O–H groups in total. The molecule has 0 fully saturated rings. The average molecular weight is 195 g/mol. The SMILES string of the molecule is OBc1ccc2[nH]c3ccccc3c2c1. The standard InChI is InChI=1S/C12H10BNO/c15-13-8-5-6-12-10(7-8)9-3-1-2-4-11(9)14-12/h1-7,13-15H. The fourth-order valence-electron chi connectivity index (χ4n) is 1.99. The van der Waals surface area contributed by atoms with Gasteiger partial charge in [0, 0.05) is 21.8 Å². The van der Waals surface area contributed by atoms with Crippen molar-refractivity contribution in [2.24, 2.45) is 0 Å². The van der Waals surface area contributed by atoms with E-state index in [9.17, 15) is 0 Å². The van der Waals surface area contributed by atoms with Gasteiger partial charge in [-0.25, -0.2) is 0 Å². The zero-order valence-corrected chi connectivity index (χ0v) is 8.20. The van der Waals surface area contributed by atoms with Crippen molar-refractivity contribution in [3.05, 3.63) is 42.5 Å². The summed E-state index contributed by atoms with van der Waals surface area (Å²) in [6.45, 7) is 0. The Morgan fingerprint density at radius 1 is 0.933 bits per heavy atom. The number of nitrogens with one attached hydrogen (secondary N) is 1. The van der Waals surface area contributed by atoms with E-state index in [4.69, 9.17) is 5.02 Å². The van der Waals surface area contributed by atoms with E-state index in [2.05, 4.69) is 17.1 Å². The number of para-hydroxylation sites is 1. The molecular formula is C12H10BNO. The van der Waals surface area contributed by atoms with Crippen LogP contribution in [0.2, 0.25) is 0 Å². The quantitative estimate of drug-likeness (QED) is 0.564. The molecule has 0 aliphatic carbocycles. The molecule has 0 aliphatic rings. The van der Waals surface area contributed by atoms with Crippen LogP contribution in [0.3, 0.4) is 0 Å². The molecule has 15 heavy (non-hydrogen) atoms. The topological polar surface area (TPSA) is 36.0 Å². The molecule has 3 aromatic rings. The van der Waals surface area contributed by atoms with Crippen LogP contribution >= 0.6 is 0 Å². The van der Waals surface area contributed by atoms with Crippen LogP contribution in [-0.2, 0) is 0 Å². The zero-order valence-electron chi connectivity index (χ0n) is 8.20. The summed E-state index contributed by atoms with van der Waals surface area (Å²) in [6.07, 6.45) is 0. The molecule has 0 saturated heterocycles. The van der Waals surface area contributed by atoms with Gasteiger partial charge in [-0.2, -0.15) is 0 Å².